The minimum atomic E-state index is -5.18. The average Bonchev–Trinajstić information content (AvgIpc) is 3.70. The lowest BCUT2D eigenvalue weighted by Crippen LogP contribution is -2.61. The van der Waals surface area contributed by atoms with Crippen LogP contribution in [-0.2, 0) is 57.7 Å². The van der Waals surface area contributed by atoms with Gasteiger partial charge in [0.25, 0.3) is 11.5 Å². The van der Waals surface area contributed by atoms with Gasteiger partial charge in [0.1, 0.15) is 36.5 Å². The van der Waals surface area contributed by atoms with Crippen LogP contribution in [0, 0.1) is 12.7 Å². The number of hydrogen-bond acceptors (Lipinski definition) is 18. The van der Waals surface area contributed by atoms with Crippen LogP contribution in [0.15, 0.2) is 65.5 Å². The van der Waals surface area contributed by atoms with Crippen molar-refractivity contribution in [3.8, 4) is 39.8 Å². The third-order valence-corrected chi connectivity index (χ3v) is 13.3. The number of aryl methyl sites for hydroxylation is 1. The van der Waals surface area contributed by atoms with Crippen molar-refractivity contribution in [2.45, 2.75) is 69.7 Å². The average molecular weight is 1070 g/mol. The Hall–Kier alpha value is -6.58. The molecule has 5 heterocycles. The number of esters is 1. The molecule has 71 heavy (non-hydrogen) atoms. The minimum Gasteiger partial charge on any atom is -0.479 e. The summed E-state index contributed by atoms with van der Waals surface area (Å²) in [7, 11) is -5.18. The maximum absolute atomic E-state index is 15.1. The van der Waals surface area contributed by atoms with Crippen LogP contribution in [0.2, 0.25) is 0 Å². The van der Waals surface area contributed by atoms with Crippen LogP contribution in [0.5, 0.6) is 17.2 Å². The lowest BCUT2D eigenvalue weighted by molar-refractivity contribution is -0.271. The Morgan fingerprint density at radius 3 is 2.35 bits per heavy atom. The lowest BCUT2D eigenvalue weighted by Gasteiger charge is -2.38. The van der Waals surface area contributed by atoms with Gasteiger partial charge in [0.05, 0.1) is 47.6 Å². The fourth-order valence-electron chi connectivity index (χ4n) is 8.30. The molecule has 1 unspecified atom stereocenters. The van der Waals surface area contributed by atoms with Gasteiger partial charge >= 0.3 is 22.3 Å². The number of aromatic nitrogens is 2. The first-order chi connectivity index (χ1) is 33.7. The van der Waals surface area contributed by atoms with Gasteiger partial charge in [-0.2, -0.15) is 0 Å². The number of aliphatic hydroxyl groups is 4. The van der Waals surface area contributed by atoms with E-state index in [2.05, 4.69) is 26.6 Å². The SMILES string of the molecule is CC[C@@]1(O)C(=O)OCc2c1cc1n(c2=O)Cc2c-1nc1cc(F)c(C)cc1c2-c1ccc(OS(=O)(=O)Oc2cc(C(=O)NCCOCCNC(=O)CBr)ccc2OC2O[C@H](C(=O)O)[C@@H](O)[C@H](O)[C@H]2O)cc1. The van der Waals surface area contributed by atoms with Crippen LogP contribution < -0.4 is 29.3 Å². The summed E-state index contributed by atoms with van der Waals surface area (Å²) in [6.07, 6.45) is -10.4. The van der Waals surface area contributed by atoms with Gasteiger partial charge in [-0.1, -0.05) is 35.0 Å². The number of alkyl halides is 1. The number of ether oxygens (including phenoxy) is 4. The number of aliphatic carboxylic acids is 1. The summed E-state index contributed by atoms with van der Waals surface area (Å²) >= 11 is 3.02. The predicted molar refractivity (Wildman–Crippen MR) is 246 cm³/mol. The van der Waals surface area contributed by atoms with Crippen molar-refractivity contribution in [3.63, 3.8) is 0 Å². The summed E-state index contributed by atoms with van der Waals surface area (Å²) in [5.74, 6) is -5.79. The number of cyclic esters (lactones) is 1. The highest BCUT2D eigenvalue weighted by atomic mass is 79.9. The van der Waals surface area contributed by atoms with E-state index in [1.807, 2.05) is 0 Å². The summed E-state index contributed by atoms with van der Waals surface area (Å²) in [6, 6.07) is 13.0. The summed E-state index contributed by atoms with van der Waals surface area (Å²) < 4.78 is 75.8. The van der Waals surface area contributed by atoms with Gasteiger partial charge < -0.3 is 68.0 Å². The van der Waals surface area contributed by atoms with Crippen LogP contribution in [0.4, 0.5) is 4.39 Å². The molecule has 0 aliphatic carbocycles. The van der Waals surface area contributed by atoms with Gasteiger partial charge in [0, 0.05) is 41.2 Å². The molecule has 22 nitrogen and oxygen atoms in total. The summed E-state index contributed by atoms with van der Waals surface area (Å²) in [5.41, 5.74) is -0.180. The predicted octanol–water partition coefficient (Wildman–Crippen LogP) is 1.43. The van der Waals surface area contributed by atoms with Gasteiger partial charge in [0.15, 0.2) is 23.2 Å². The number of carbonyl (C=O) groups is 4. The van der Waals surface area contributed by atoms with Crippen molar-refractivity contribution in [1.82, 2.24) is 20.2 Å². The van der Waals surface area contributed by atoms with Gasteiger partial charge in [-0.3, -0.25) is 14.4 Å². The Kier molecular flexibility index (Phi) is 14.5. The highest BCUT2D eigenvalue weighted by Crippen LogP contribution is 2.44. The van der Waals surface area contributed by atoms with Gasteiger partial charge in [-0.15, -0.1) is 8.42 Å². The molecule has 7 N–H and O–H groups in total. The normalized spacial score (nSPS) is 21.4. The maximum Gasteiger partial charge on any atom is 0.501 e. The van der Waals surface area contributed by atoms with E-state index in [4.69, 9.17) is 32.3 Å². The Balaban J connectivity index is 1.08. The first-order valence-electron chi connectivity index (χ1n) is 21.7. The second-order valence-electron chi connectivity index (χ2n) is 16.5. The van der Waals surface area contributed by atoms with E-state index in [1.165, 1.54) is 41.0 Å². The number of nitrogens with zero attached hydrogens (tertiary/aromatic N) is 2. The molecule has 3 aliphatic rings. The first-order valence-corrected chi connectivity index (χ1v) is 24.2. The molecule has 25 heteroatoms. The molecular formula is C46H44BrFN4O18S. The smallest absolute Gasteiger partial charge is 0.479 e. The Morgan fingerprint density at radius 1 is 0.944 bits per heavy atom. The van der Waals surface area contributed by atoms with Crippen LogP contribution >= 0.6 is 15.9 Å². The van der Waals surface area contributed by atoms with E-state index >= 15 is 4.39 Å². The van der Waals surface area contributed by atoms with E-state index in [-0.39, 0.29) is 102 Å². The molecule has 3 aromatic carbocycles. The molecule has 376 valence electrons. The van der Waals surface area contributed by atoms with Gasteiger partial charge in [-0.05, 0) is 72.5 Å². The fourth-order valence-corrected chi connectivity index (χ4v) is 9.23. The number of aliphatic hydroxyl groups excluding tert-OH is 3. The van der Waals surface area contributed by atoms with E-state index in [1.54, 1.807) is 19.9 Å². The fraction of sp³-hybridized carbons (Fsp3) is 0.348. The number of nitrogens with one attached hydrogen (secondary N) is 2. The van der Waals surface area contributed by atoms with Crippen molar-refractivity contribution < 1.29 is 84.8 Å². The van der Waals surface area contributed by atoms with Crippen LogP contribution in [0.25, 0.3) is 33.4 Å². The first kappa shape index (κ1) is 50.8. The Labute approximate surface area is 410 Å². The van der Waals surface area contributed by atoms with E-state index < -0.39 is 87.4 Å². The number of hydrogen-bond donors (Lipinski definition) is 7. The molecule has 1 saturated heterocycles. The molecule has 2 amide bonds. The maximum atomic E-state index is 15.1. The highest BCUT2D eigenvalue weighted by Gasteiger charge is 2.49. The van der Waals surface area contributed by atoms with Crippen molar-refractivity contribution in [3.05, 3.63) is 105 Å². The molecule has 0 radical (unpaired) electrons. The van der Waals surface area contributed by atoms with Gasteiger partial charge in [-0.25, -0.2) is 19.0 Å². The number of benzene rings is 3. The molecule has 1 fully saturated rings. The third-order valence-electron chi connectivity index (χ3n) is 12.0. The van der Waals surface area contributed by atoms with Gasteiger partial charge in [0.2, 0.25) is 12.2 Å². The second kappa shape index (κ2) is 20.3. The zero-order valence-electron chi connectivity index (χ0n) is 37.4. The van der Waals surface area contributed by atoms with E-state index in [0.717, 1.165) is 18.2 Å². The Bertz CT molecular complexity index is 3140. The zero-order chi connectivity index (χ0) is 51.1. The molecule has 8 rings (SSSR count). The second-order valence-corrected chi connectivity index (χ2v) is 18.2. The summed E-state index contributed by atoms with van der Waals surface area (Å²) in [6.45, 7) is 3.08. The molecule has 2 aromatic heterocycles. The summed E-state index contributed by atoms with van der Waals surface area (Å²) in [4.78, 5) is 67.8. The number of rotatable bonds is 17. The molecule has 0 spiro atoms. The number of carboxylic acids is 1. The van der Waals surface area contributed by atoms with Crippen molar-refractivity contribution in [2.24, 2.45) is 0 Å². The van der Waals surface area contributed by atoms with Crippen LogP contribution in [0.3, 0.4) is 0 Å². The van der Waals surface area contributed by atoms with Crippen molar-refractivity contribution >= 4 is 61.0 Å². The quantitative estimate of drug-likeness (QED) is 0.0386. The topological polar surface area (TPSA) is 318 Å². The monoisotopic (exact) mass is 1070 g/mol. The number of carbonyl (C=O) groups excluding carboxylic acids is 3. The zero-order valence-corrected chi connectivity index (χ0v) is 39.8. The van der Waals surface area contributed by atoms with E-state index in [9.17, 15) is 57.9 Å². The number of halogens is 2. The number of pyridine rings is 2. The Morgan fingerprint density at radius 2 is 1.66 bits per heavy atom. The molecular weight excluding hydrogens is 1030 g/mol. The number of fused-ring (bicyclic) bond motifs is 5. The van der Waals surface area contributed by atoms with Crippen LogP contribution in [-0.4, -0.2) is 130 Å². The number of amides is 2. The standard InChI is InChI=1S/C46H44BrFN4O18S/c1-3-46(62)28-16-31-36-26(19-52(31)42(58)27(28)20-66-45(46)61)35(25-14-21(2)29(48)17-30(25)51-36)22-4-7-24(8-5-22)69-71(63,64)70-33-15-23(41(57)50-11-13-65-12-10-49-34(53)18-47)6-9-32(33)67-44-39(56)37(54)38(55)40(68-44)43(59)60/h4-9,14-17,37-40,44,54-56,62H,3,10-13,18-20H2,1-2H3,(H,49,53)(H,50,57)(H,59,60)/t37-,38-,39+,40-,44?,46-/m0/s1. The van der Waals surface area contributed by atoms with Crippen LogP contribution in [0.1, 0.15) is 46.0 Å². The molecule has 0 bridgehead atoms. The molecule has 3 aliphatic heterocycles. The minimum absolute atomic E-state index is 0.0218. The largest absolute Gasteiger partial charge is 0.501 e. The summed E-state index contributed by atoms with van der Waals surface area (Å²) in [5, 5.41) is 57.8. The number of carboxylic acid groups (broad SMARTS) is 1. The third kappa shape index (κ3) is 10.0. The molecule has 5 aromatic rings. The lowest BCUT2D eigenvalue weighted by atomic mass is 9.86. The van der Waals surface area contributed by atoms with Crippen molar-refractivity contribution in [1.29, 1.82) is 0 Å². The van der Waals surface area contributed by atoms with E-state index in [0.29, 0.717) is 22.1 Å². The van der Waals surface area contributed by atoms with Crippen molar-refractivity contribution in [2.75, 3.05) is 31.6 Å². The molecule has 0 saturated carbocycles. The highest BCUT2D eigenvalue weighted by molar-refractivity contribution is 9.09. The molecule has 6 atom stereocenters.